The van der Waals surface area contributed by atoms with Gasteiger partial charge >= 0.3 is 0 Å². The summed E-state index contributed by atoms with van der Waals surface area (Å²) in [7, 11) is 1.68. The molecule has 1 aliphatic heterocycles. The number of nitrogens with zero attached hydrogens (tertiary/aromatic N) is 4. The molecule has 3 rings (SSSR count). The molecule has 1 aliphatic rings. The summed E-state index contributed by atoms with van der Waals surface area (Å²) in [5, 5.41) is 0. The van der Waals surface area contributed by atoms with E-state index in [1.54, 1.807) is 13.4 Å². The van der Waals surface area contributed by atoms with Crippen molar-refractivity contribution in [1.82, 2.24) is 19.5 Å². The number of ether oxygens (including phenoxy) is 2. The van der Waals surface area contributed by atoms with Gasteiger partial charge in [-0.3, -0.25) is 4.57 Å². The summed E-state index contributed by atoms with van der Waals surface area (Å²) in [6.45, 7) is 2.43. The fourth-order valence-corrected chi connectivity index (χ4v) is 2.46. The SMILES string of the molecule is COC[C@@H]1CC[C@H](n2cnc3c(N)nc(C)nc32)O1. The van der Waals surface area contributed by atoms with Crippen LogP contribution < -0.4 is 5.73 Å². The Morgan fingerprint density at radius 3 is 3.11 bits per heavy atom. The molecule has 0 bridgehead atoms. The van der Waals surface area contributed by atoms with E-state index < -0.39 is 0 Å². The molecular formula is C12H17N5O2. The number of nitrogen functional groups attached to an aromatic ring is 1. The van der Waals surface area contributed by atoms with Gasteiger partial charge in [-0.1, -0.05) is 0 Å². The standard InChI is InChI=1S/C12H17N5O2/c1-7-15-11(13)10-12(16-7)17(6-14-10)9-4-3-8(19-9)5-18-2/h6,8-9H,3-5H2,1-2H3,(H2,13,15,16)/t8-,9+/m0/s1. The first-order chi connectivity index (χ1) is 9.19. The average Bonchev–Trinajstić information content (AvgIpc) is 2.95. The Morgan fingerprint density at radius 2 is 2.32 bits per heavy atom. The van der Waals surface area contributed by atoms with E-state index in [1.165, 1.54) is 0 Å². The maximum Gasteiger partial charge on any atom is 0.167 e. The predicted molar refractivity (Wildman–Crippen MR) is 69.5 cm³/mol. The van der Waals surface area contributed by atoms with E-state index in [9.17, 15) is 0 Å². The second-order valence-corrected chi connectivity index (χ2v) is 4.73. The number of nitrogens with two attached hydrogens (primary N) is 1. The molecule has 2 N–H and O–H groups in total. The lowest BCUT2D eigenvalue weighted by atomic mass is 10.2. The zero-order valence-electron chi connectivity index (χ0n) is 11.0. The highest BCUT2D eigenvalue weighted by molar-refractivity contribution is 5.81. The van der Waals surface area contributed by atoms with Crippen molar-refractivity contribution in [2.45, 2.75) is 32.1 Å². The highest BCUT2D eigenvalue weighted by Crippen LogP contribution is 2.31. The van der Waals surface area contributed by atoms with E-state index in [1.807, 2.05) is 11.5 Å². The lowest BCUT2D eigenvalue weighted by Crippen LogP contribution is -2.15. The van der Waals surface area contributed by atoms with E-state index in [4.69, 9.17) is 15.2 Å². The highest BCUT2D eigenvalue weighted by Gasteiger charge is 2.28. The quantitative estimate of drug-likeness (QED) is 0.890. The zero-order chi connectivity index (χ0) is 13.4. The third kappa shape index (κ3) is 2.15. The summed E-state index contributed by atoms with van der Waals surface area (Å²) in [5.41, 5.74) is 7.22. The van der Waals surface area contributed by atoms with Gasteiger partial charge in [-0.25, -0.2) is 15.0 Å². The largest absolute Gasteiger partial charge is 0.382 e. The Kier molecular flexibility index (Phi) is 3.08. The molecule has 0 radical (unpaired) electrons. The van der Waals surface area contributed by atoms with Crippen LogP contribution in [0.15, 0.2) is 6.33 Å². The molecule has 1 saturated heterocycles. The van der Waals surface area contributed by atoms with Gasteiger partial charge in [0.1, 0.15) is 17.6 Å². The number of anilines is 1. The second-order valence-electron chi connectivity index (χ2n) is 4.73. The van der Waals surface area contributed by atoms with Crippen molar-refractivity contribution in [1.29, 1.82) is 0 Å². The fourth-order valence-electron chi connectivity index (χ4n) is 2.46. The summed E-state index contributed by atoms with van der Waals surface area (Å²) < 4.78 is 13.0. The molecule has 3 heterocycles. The number of aryl methyl sites for hydroxylation is 1. The van der Waals surface area contributed by atoms with Crippen LogP contribution in [0.2, 0.25) is 0 Å². The van der Waals surface area contributed by atoms with Gasteiger partial charge in [-0.2, -0.15) is 0 Å². The van der Waals surface area contributed by atoms with Crippen molar-refractivity contribution in [3.05, 3.63) is 12.2 Å². The van der Waals surface area contributed by atoms with Gasteiger partial charge in [0, 0.05) is 7.11 Å². The minimum atomic E-state index is -0.0566. The topological polar surface area (TPSA) is 88.1 Å². The average molecular weight is 263 g/mol. The molecule has 102 valence electrons. The Bertz CT molecular complexity index is 597. The summed E-state index contributed by atoms with van der Waals surface area (Å²) in [6, 6.07) is 0. The lowest BCUT2D eigenvalue weighted by molar-refractivity contribution is -0.0300. The number of methoxy groups -OCH3 is 1. The van der Waals surface area contributed by atoms with E-state index in [2.05, 4.69) is 15.0 Å². The first-order valence-corrected chi connectivity index (χ1v) is 6.30. The van der Waals surface area contributed by atoms with Crippen LogP contribution in [0.5, 0.6) is 0 Å². The van der Waals surface area contributed by atoms with Gasteiger partial charge in [0.15, 0.2) is 11.5 Å². The summed E-state index contributed by atoms with van der Waals surface area (Å²) in [4.78, 5) is 12.8. The molecule has 0 aliphatic carbocycles. The van der Waals surface area contributed by atoms with Crippen LogP contribution in [0.3, 0.4) is 0 Å². The summed E-state index contributed by atoms with van der Waals surface area (Å²) >= 11 is 0. The van der Waals surface area contributed by atoms with Crippen LogP contribution in [0.4, 0.5) is 5.82 Å². The molecule has 0 saturated carbocycles. The fraction of sp³-hybridized carbons (Fsp3) is 0.583. The van der Waals surface area contributed by atoms with E-state index >= 15 is 0 Å². The van der Waals surface area contributed by atoms with Gasteiger partial charge in [-0.15, -0.1) is 0 Å². The van der Waals surface area contributed by atoms with Crippen molar-refractivity contribution in [3.63, 3.8) is 0 Å². The predicted octanol–water partition coefficient (Wildman–Crippen LogP) is 1.04. The van der Waals surface area contributed by atoms with Crippen molar-refractivity contribution >= 4 is 17.0 Å². The molecule has 0 aromatic carbocycles. The van der Waals surface area contributed by atoms with Gasteiger partial charge in [0.2, 0.25) is 0 Å². The Labute approximate surface area is 110 Å². The van der Waals surface area contributed by atoms with Gasteiger partial charge in [0.05, 0.1) is 19.0 Å². The van der Waals surface area contributed by atoms with Crippen LogP contribution in [-0.2, 0) is 9.47 Å². The number of rotatable bonds is 3. The van der Waals surface area contributed by atoms with Gasteiger partial charge in [-0.05, 0) is 19.8 Å². The van der Waals surface area contributed by atoms with E-state index in [0.29, 0.717) is 23.8 Å². The van der Waals surface area contributed by atoms with Crippen molar-refractivity contribution < 1.29 is 9.47 Å². The Hall–Kier alpha value is -1.73. The number of imidazole rings is 1. The number of hydrogen-bond acceptors (Lipinski definition) is 6. The van der Waals surface area contributed by atoms with Crippen molar-refractivity contribution in [2.75, 3.05) is 19.5 Å². The van der Waals surface area contributed by atoms with Crippen LogP contribution in [-0.4, -0.2) is 39.3 Å². The summed E-state index contributed by atoms with van der Waals surface area (Å²) in [5.74, 6) is 1.05. The third-order valence-electron chi connectivity index (χ3n) is 3.31. The molecule has 19 heavy (non-hydrogen) atoms. The van der Waals surface area contributed by atoms with E-state index in [0.717, 1.165) is 18.5 Å². The van der Waals surface area contributed by atoms with Crippen molar-refractivity contribution in [2.24, 2.45) is 0 Å². The normalized spacial score (nSPS) is 23.3. The molecule has 7 heteroatoms. The molecule has 2 atom stereocenters. The molecule has 2 aromatic rings. The van der Waals surface area contributed by atoms with Crippen LogP contribution >= 0.6 is 0 Å². The van der Waals surface area contributed by atoms with Gasteiger partial charge < -0.3 is 15.2 Å². The number of hydrogen-bond donors (Lipinski definition) is 1. The molecular weight excluding hydrogens is 246 g/mol. The monoisotopic (exact) mass is 263 g/mol. The molecule has 2 aromatic heterocycles. The third-order valence-corrected chi connectivity index (χ3v) is 3.31. The van der Waals surface area contributed by atoms with Crippen LogP contribution in [0.25, 0.3) is 11.2 Å². The molecule has 0 spiro atoms. The molecule has 1 fully saturated rings. The maximum absolute atomic E-state index is 5.93. The van der Waals surface area contributed by atoms with Crippen LogP contribution in [0, 0.1) is 6.92 Å². The number of fused-ring (bicyclic) bond motifs is 1. The second kappa shape index (κ2) is 4.75. The smallest absolute Gasteiger partial charge is 0.167 e. The molecule has 0 unspecified atom stereocenters. The van der Waals surface area contributed by atoms with Crippen LogP contribution in [0.1, 0.15) is 24.9 Å². The Balaban J connectivity index is 1.94. The minimum absolute atomic E-state index is 0.0566. The number of aromatic nitrogens is 4. The summed E-state index contributed by atoms with van der Waals surface area (Å²) in [6.07, 6.45) is 3.68. The zero-order valence-corrected chi connectivity index (χ0v) is 11.0. The van der Waals surface area contributed by atoms with Crippen molar-refractivity contribution in [3.8, 4) is 0 Å². The van der Waals surface area contributed by atoms with E-state index in [-0.39, 0.29) is 12.3 Å². The lowest BCUT2D eigenvalue weighted by Gasteiger charge is -2.14. The maximum atomic E-state index is 5.93. The highest BCUT2D eigenvalue weighted by atomic mass is 16.5. The van der Waals surface area contributed by atoms with Gasteiger partial charge in [0.25, 0.3) is 0 Å². The molecule has 0 amide bonds. The minimum Gasteiger partial charge on any atom is -0.382 e. The Morgan fingerprint density at radius 1 is 1.47 bits per heavy atom. The first kappa shape index (κ1) is 12.3. The molecule has 7 nitrogen and oxygen atoms in total. The first-order valence-electron chi connectivity index (χ1n) is 6.30.